The Hall–Kier alpha value is -5.16. The lowest BCUT2D eigenvalue weighted by molar-refractivity contribution is 0.478. The van der Waals surface area contributed by atoms with Gasteiger partial charge in [0.25, 0.3) is 0 Å². The van der Waals surface area contributed by atoms with E-state index in [1.165, 1.54) is 57.9 Å². The number of aryl methyl sites for hydroxylation is 2. The van der Waals surface area contributed by atoms with E-state index >= 15 is 0 Å². The molecule has 52 heavy (non-hydrogen) atoms. The van der Waals surface area contributed by atoms with E-state index in [-0.39, 0.29) is 5.41 Å². The highest BCUT2D eigenvalue weighted by Gasteiger charge is 2.21. The predicted molar refractivity (Wildman–Crippen MR) is 218 cm³/mol. The molecule has 4 aromatic carbocycles. The summed E-state index contributed by atoms with van der Waals surface area (Å²) in [5.74, 6) is 3.70. The van der Waals surface area contributed by atoms with Crippen LogP contribution in [0.5, 0.6) is 11.5 Å². The van der Waals surface area contributed by atoms with Gasteiger partial charge in [-0.05, 0) is 115 Å². The van der Waals surface area contributed by atoms with E-state index in [9.17, 15) is 0 Å². The van der Waals surface area contributed by atoms with Gasteiger partial charge in [-0.15, -0.1) is 0 Å². The Bertz CT molecular complexity index is 2370. The molecular formula is C47H52N4O. The van der Waals surface area contributed by atoms with Crippen molar-refractivity contribution in [2.75, 3.05) is 0 Å². The maximum absolute atomic E-state index is 6.81. The largest absolute Gasteiger partial charge is 0.457 e. The van der Waals surface area contributed by atoms with E-state index in [1.54, 1.807) is 0 Å². The van der Waals surface area contributed by atoms with Crippen LogP contribution in [0.15, 0.2) is 103 Å². The van der Waals surface area contributed by atoms with Crippen LogP contribution in [0.2, 0.25) is 0 Å². The summed E-state index contributed by atoms with van der Waals surface area (Å²) >= 11 is 0. The molecule has 0 bridgehead atoms. The minimum atomic E-state index is -0.0939. The highest BCUT2D eigenvalue weighted by atomic mass is 16.5. The van der Waals surface area contributed by atoms with E-state index in [4.69, 9.17) is 14.8 Å². The van der Waals surface area contributed by atoms with Crippen molar-refractivity contribution < 1.29 is 4.74 Å². The van der Waals surface area contributed by atoms with E-state index < -0.39 is 0 Å². The van der Waals surface area contributed by atoms with Crippen LogP contribution < -0.4 is 4.74 Å². The topological polar surface area (TPSA) is 44.9 Å². The van der Waals surface area contributed by atoms with Crippen LogP contribution in [0.3, 0.4) is 0 Å². The molecule has 0 aliphatic rings. The first-order chi connectivity index (χ1) is 24.9. The minimum Gasteiger partial charge on any atom is -0.457 e. The normalized spacial score (nSPS) is 12.7. The van der Waals surface area contributed by atoms with Gasteiger partial charge in [0.2, 0.25) is 0 Å². The van der Waals surface area contributed by atoms with Crippen molar-refractivity contribution in [1.82, 2.24) is 19.3 Å². The first-order valence-electron chi connectivity index (χ1n) is 18.8. The van der Waals surface area contributed by atoms with Gasteiger partial charge >= 0.3 is 0 Å². The molecule has 1 atom stereocenters. The van der Waals surface area contributed by atoms with E-state index in [0.29, 0.717) is 5.92 Å². The molecule has 7 aromatic rings. The van der Waals surface area contributed by atoms with Crippen molar-refractivity contribution in [2.24, 2.45) is 5.92 Å². The molecule has 0 radical (unpaired) electrons. The Morgan fingerprint density at radius 3 is 2.25 bits per heavy atom. The smallest absolute Gasteiger partial charge is 0.137 e. The van der Waals surface area contributed by atoms with Gasteiger partial charge < -0.3 is 4.74 Å². The zero-order valence-corrected chi connectivity index (χ0v) is 32.3. The Morgan fingerprint density at radius 1 is 0.731 bits per heavy atom. The lowest BCUT2D eigenvalue weighted by Gasteiger charge is -2.22. The fourth-order valence-corrected chi connectivity index (χ4v) is 7.53. The van der Waals surface area contributed by atoms with Crippen LogP contribution in [0.25, 0.3) is 44.4 Å². The number of pyridine rings is 1. The van der Waals surface area contributed by atoms with Crippen molar-refractivity contribution in [3.05, 3.63) is 131 Å². The summed E-state index contributed by atoms with van der Waals surface area (Å²) in [6.45, 7) is 20.1. The molecule has 0 saturated heterocycles. The van der Waals surface area contributed by atoms with Gasteiger partial charge in [-0.2, -0.15) is 5.10 Å². The molecule has 0 amide bonds. The Morgan fingerprint density at radius 2 is 1.52 bits per heavy atom. The minimum absolute atomic E-state index is 0.0939. The fraction of sp³-hybridized carbons (Fsp3) is 0.319. The molecule has 5 nitrogen and oxygen atoms in total. The van der Waals surface area contributed by atoms with Gasteiger partial charge in [0.05, 0.1) is 22.4 Å². The van der Waals surface area contributed by atoms with Crippen LogP contribution in [-0.4, -0.2) is 19.3 Å². The molecule has 7 rings (SSSR count). The number of benzene rings is 4. The highest BCUT2D eigenvalue weighted by Crippen LogP contribution is 2.39. The zero-order chi connectivity index (χ0) is 36.7. The number of nitrogens with zero attached hydrogens (tertiary/aromatic N) is 4. The van der Waals surface area contributed by atoms with Crippen LogP contribution in [0.1, 0.15) is 94.8 Å². The monoisotopic (exact) mass is 688 g/mol. The molecule has 0 spiro atoms. The zero-order valence-electron chi connectivity index (χ0n) is 32.3. The third-order valence-corrected chi connectivity index (χ3v) is 10.5. The molecule has 0 aliphatic carbocycles. The second kappa shape index (κ2) is 14.1. The van der Waals surface area contributed by atoms with Crippen molar-refractivity contribution in [3.63, 3.8) is 0 Å². The van der Waals surface area contributed by atoms with E-state index in [1.807, 2.05) is 12.3 Å². The molecule has 3 heterocycles. The van der Waals surface area contributed by atoms with Crippen molar-refractivity contribution in [2.45, 2.75) is 92.9 Å². The van der Waals surface area contributed by atoms with Gasteiger partial charge in [0.1, 0.15) is 17.3 Å². The van der Waals surface area contributed by atoms with E-state index in [2.05, 4.69) is 163 Å². The molecule has 266 valence electrons. The summed E-state index contributed by atoms with van der Waals surface area (Å²) in [7, 11) is 0. The van der Waals surface area contributed by atoms with Crippen molar-refractivity contribution in [1.29, 1.82) is 0 Å². The fourth-order valence-electron chi connectivity index (χ4n) is 7.53. The lowest BCUT2D eigenvalue weighted by atomic mass is 9.86. The van der Waals surface area contributed by atoms with Crippen molar-refractivity contribution >= 4 is 21.8 Å². The standard InChI is InChI=1S/C47H52N4O/c1-30(2)14-13-15-32(4)36-18-21-43-42(25-36)41-20-19-39(29-44(41)50(43)45-24-31(3)22-23-48-45)52-40-27-37(47(7,8)9)26-38(28-40)51-34(6)46(33(5)49-51)35-16-11-10-12-17-35/h10-12,16-30,32H,13-15H2,1-9H3. The quantitative estimate of drug-likeness (QED) is 0.144. The molecule has 0 saturated carbocycles. The number of fused-ring (bicyclic) bond motifs is 3. The van der Waals surface area contributed by atoms with Crippen LogP contribution in [0, 0.1) is 26.7 Å². The van der Waals surface area contributed by atoms with Crippen LogP contribution >= 0.6 is 0 Å². The number of hydrogen-bond donors (Lipinski definition) is 0. The van der Waals surface area contributed by atoms with Crippen LogP contribution in [-0.2, 0) is 5.41 Å². The third kappa shape index (κ3) is 7.01. The molecule has 5 heteroatoms. The molecule has 1 unspecified atom stereocenters. The third-order valence-electron chi connectivity index (χ3n) is 10.5. The maximum atomic E-state index is 6.81. The summed E-state index contributed by atoms with van der Waals surface area (Å²) in [6.07, 6.45) is 5.61. The number of hydrogen-bond acceptors (Lipinski definition) is 3. The Kier molecular flexibility index (Phi) is 9.56. The summed E-state index contributed by atoms with van der Waals surface area (Å²) in [5.41, 5.74) is 11.3. The summed E-state index contributed by atoms with van der Waals surface area (Å²) < 4.78 is 11.2. The number of ether oxygens (including phenoxy) is 1. The molecule has 0 N–H and O–H groups in total. The first-order valence-corrected chi connectivity index (χ1v) is 18.8. The average Bonchev–Trinajstić information content (AvgIpc) is 3.59. The molecular weight excluding hydrogens is 637 g/mol. The maximum Gasteiger partial charge on any atom is 0.137 e. The van der Waals surface area contributed by atoms with E-state index in [0.717, 1.165) is 51.3 Å². The van der Waals surface area contributed by atoms with Crippen molar-refractivity contribution in [3.8, 4) is 34.1 Å². The Labute approximate surface area is 309 Å². The van der Waals surface area contributed by atoms with Gasteiger partial charge in [-0.1, -0.05) is 90.8 Å². The van der Waals surface area contributed by atoms with Gasteiger partial charge in [-0.25, -0.2) is 9.67 Å². The SMILES string of the molecule is Cc1ccnc(-n2c3ccc(C(C)CCCC(C)C)cc3c3ccc(Oc4cc(-n5nc(C)c(-c6ccccc6)c5C)cc(C(C)(C)C)c4)cc32)c1. The number of aromatic nitrogens is 4. The lowest BCUT2D eigenvalue weighted by Crippen LogP contribution is -2.12. The molecule has 0 fully saturated rings. The second-order valence-corrected chi connectivity index (χ2v) is 16.1. The highest BCUT2D eigenvalue weighted by molar-refractivity contribution is 6.09. The number of rotatable bonds is 10. The summed E-state index contributed by atoms with van der Waals surface area (Å²) in [5, 5.41) is 7.48. The van der Waals surface area contributed by atoms with Gasteiger partial charge in [0, 0.05) is 40.4 Å². The predicted octanol–water partition coefficient (Wildman–Crippen LogP) is 13.0. The second-order valence-electron chi connectivity index (χ2n) is 16.1. The Balaban J connectivity index is 1.32. The first kappa shape index (κ1) is 35.3. The average molecular weight is 689 g/mol. The molecule has 0 aliphatic heterocycles. The summed E-state index contributed by atoms with van der Waals surface area (Å²) in [4.78, 5) is 4.85. The summed E-state index contributed by atoms with van der Waals surface area (Å²) in [6, 6.07) is 34.7. The van der Waals surface area contributed by atoms with Gasteiger partial charge in [0.15, 0.2) is 0 Å². The van der Waals surface area contributed by atoms with Crippen LogP contribution in [0.4, 0.5) is 0 Å². The molecule has 3 aromatic heterocycles. The van der Waals surface area contributed by atoms with Gasteiger partial charge in [-0.3, -0.25) is 4.57 Å².